The number of benzene rings is 2. The smallest absolute Gasteiger partial charge is 0.337 e. The maximum absolute atomic E-state index is 14.3. The summed E-state index contributed by atoms with van der Waals surface area (Å²) < 4.78 is 37.5. The molecule has 0 spiro atoms. The Bertz CT molecular complexity index is 880. The molecular weight excluding hydrogens is 348 g/mol. The second kappa shape index (κ2) is 8.11. The number of hydrogen-bond donors (Lipinski definition) is 2. The van der Waals surface area contributed by atoms with E-state index in [1.165, 1.54) is 32.4 Å². The van der Waals surface area contributed by atoms with E-state index in [0.29, 0.717) is 11.8 Å². The van der Waals surface area contributed by atoms with E-state index >= 15 is 0 Å². The number of anilines is 1. The number of hydrogen-bond acceptors (Lipinski definition) is 4. The van der Waals surface area contributed by atoms with Crippen LogP contribution in [0, 0.1) is 5.82 Å². The Hall–Kier alpha value is -3.42. The van der Waals surface area contributed by atoms with E-state index in [-0.39, 0.29) is 17.0 Å². The van der Waals surface area contributed by atoms with Crippen molar-refractivity contribution in [2.24, 2.45) is 0 Å². The van der Waals surface area contributed by atoms with Crippen LogP contribution in [-0.2, 0) is 4.79 Å². The van der Waals surface area contributed by atoms with Gasteiger partial charge in [0.25, 0.3) is 5.91 Å². The van der Waals surface area contributed by atoms with Crippen LogP contribution >= 0.6 is 0 Å². The number of aromatic carboxylic acids is 1. The molecule has 0 unspecified atom stereocenters. The molecule has 6 nitrogen and oxygen atoms in total. The van der Waals surface area contributed by atoms with Crippen molar-refractivity contribution in [1.29, 1.82) is 0 Å². The van der Waals surface area contributed by atoms with Crippen LogP contribution in [0.15, 0.2) is 42.5 Å². The average Bonchev–Trinajstić information content (AvgIpc) is 2.62. The molecule has 0 aliphatic rings. The highest BCUT2D eigenvalue weighted by Crippen LogP contribution is 2.30. The quantitative estimate of drug-likeness (QED) is 0.768. The molecule has 0 radical (unpaired) electrons. The minimum absolute atomic E-state index is 0.0652. The average molecular weight is 363 g/mol. The van der Waals surface area contributed by atoms with Crippen LogP contribution in [0.4, 0.5) is 14.5 Å². The summed E-state index contributed by atoms with van der Waals surface area (Å²) in [6, 6.07) is 7.03. The van der Waals surface area contributed by atoms with Gasteiger partial charge < -0.3 is 19.9 Å². The molecule has 2 aromatic rings. The number of carboxylic acids is 1. The van der Waals surface area contributed by atoms with E-state index in [1.54, 1.807) is 0 Å². The summed E-state index contributed by atoms with van der Waals surface area (Å²) in [6.45, 7) is 0. The van der Waals surface area contributed by atoms with Gasteiger partial charge in [0.1, 0.15) is 11.6 Å². The normalized spacial score (nSPS) is 11.0. The number of carbonyl (C=O) groups is 2. The lowest BCUT2D eigenvalue weighted by Crippen LogP contribution is -2.12. The number of rotatable bonds is 6. The van der Waals surface area contributed by atoms with Crippen molar-refractivity contribution in [3.63, 3.8) is 0 Å². The topological polar surface area (TPSA) is 84.9 Å². The van der Waals surface area contributed by atoms with Gasteiger partial charge in [0.2, 0.25) is 0 Å². The van der Waals surface area contributed by atoms with E-state index in [4.69, 9.17) is 14.6 Å². The number of carbonyl (C=O) groups excluding carboxylic acids is 1. The molecule has 8 heteroatoms. The third kappa shape index (κ3) is 4.35. The summed E-state index contributed by atoms with van der Waals surface area (Å²) in [6.07, 6.45) is 0.649. The highest BCUT2D eigenvalue weighted by atomic mass is 19.1. The van der Waals surface area contributed by atoms with E-state index in [9.17, 15) is 18.4 Å². The SMILES string of the molecule is COc1ccc(/C(F)=C/C(=O)Nc2ccc(F)cc2C(=O)O)cc1OC. The van der Waals surface area contributed by atoms with Crippen LogP contribution in [-0.4, -0.2) is 31.2 Å². The number of ether oxygens (including phenoxy) is 2. The van der Waals surface area contributed by atoms with Gasteiger partial charge in [-0.3, -0.25) is 4.79 Å². The molecule has 1 amide bonds. The Morgan fingerprint density at radius 3 is 2.38 bits per heavy atom. The van der Waals surface area contributed by atoms with Crippen LogP contribution in [0.3, 0.4) is 0 Å². The van der Waals surface area contributed by atoms with Gasteiger partial charge in [0, 0.05) is 11.6 Å². The maximum Gasteiger partial charge on any atom is 0.337 e. The summed E-state index contributed by atoms with van der Waals surface area (Å²) in [5.74, 6) is -3.31. The Balaban J connectivity index is 2.25. The summed E-state index contributed by atoms with van der Waals surface area (Å²) in [5.41, 5.74) is -0.533. The van der Waals surface area contributed by atoms with Crippen molar-refractivity contribution in [2.45, 2.75) is 0 Å². The predicted molar refractivity (Wildman–Crippen MR) is 90.6 cm³/mol. The van der Waals surface area contributed by atoms with Crippen molar-refractivity contribution in [2.75, 3.05) is 19.5 Å². The van der Waals surface area contributed by atoms with Crippen molar-refractivity contribution in [3.05, 3.63) is 59.4 Å². The molecule has 0 aliphatic heterocycles. The Kier molecular flexibility index (Phi) is 5.90. The summed E-state index contributed by atoms with van der Waals surface area (Å²) in [4.78, 5) is 23.1. The molecular formula is C18H15F2NO5. The lowest BCUT2D eigenvalue weighted by atomic mass is 10.1. The summed E-state index contributed by atoms with van der Waals surface area (Å²) in [5, 5.41) is 11.2. The number of amides is 1. The predicted octanol–water partition coefficient (Wildman–Crippen LogP) is 3.49. The van der Waals surface area contributed by atoms with Gasteiger partial charge in [-0.25, -0.2) is 13.6 Å². The second-order valence-corrected chi connectivity index (χ2v) is 5.05. The van der Waals surface area contributed by atoms with Crippen molar-refractivity contribution >= 4 is 23.4 Å². The van der Waals surface area contributed by atoms with Crippen LogP contribution < -0.4 is 14.8 Å². The largest absolute Gasteiger partial charge is 0.493 e. The fraction of sp³-hybridized carbons (Fsp3) is 0.111. The fourth-order valence-electron chi connectivity index (χ4n) is 2.15. The zero-order valence-corrected chi connectivity index (χ0v) is 13.9. The van der Waals surface area contributed by atoms with E-state index in [1.807, 2.05) is 0 Å². The van der Waals surface area contributed by atoms with Crippen molar-refractivity contribution < 1.29 is 33.0 Å². The first-order valence-electron chi connectivity index (χ1n) is 7.29. The first-order valence-corrected chi connectivity index (χ1v) is 7.29. The first-order chi connectivity index (χ1) is 12.3. The van der Waals surface area contributed by atoms with Gasteiger partial charge in [-0.2, -0.15) is 0 Å². The lowest BCUT2D eigenvalue weighted by molar-refractivity contribution is -0.111. The standard InChI is InChI=1S/C18H15F2NO5/c1-25-15-6-3-10(7-16(15)26-2)13(20)9-17(22)21-14-5-4-11(19)8-12(14)18(23)24/h3-9H,1-2H3,(H,21,22)(H,23,24)/b13-9-. The Labute approximate surface area is 147 Å². The van der Waals surface area contributed by atoms with Gasteiger partial charge in [-0.05, 0) is 36.4 Å². The van der Waals surface area contributed by atoms with Gasteiger partial charge in [-0.1, -0.05) is 0 Å². The van der Waals surface area contributed by atoms with Crippen LogP contribution in [0.2, 0.25) is 0 Å². The molecule has 2 rings (SSSR count). The molecule has 0 aromatic heterocycles. The lowest BCUT2D eigenvalue weighted by Gasteiger charge is -2.09. The minimum Gasteiger partial charge on any atom is -0.493 e. The third-order valence-corrected chi connectivity index (χ3v) is 3.39. The summed E-state index contributed by atoms with van der Waals surface area (Å²) >= 11 is 0. The first kappa shape index (κ1) is 18.9. The molecule has 0 atom stereocenters. The molecule has 2 aromatic carbocycles. The zero-order valence-electron chi connectivity index (χ0n) is 13.9. The molecule has 2 N–H and O–H groups in total. The molecule has 0 bridgehead atoms. The Morgan fingerprint density at radius 1 is 1.08 bits per heavy atom. The third-order valence-electron chi connectivity index (χ3n) is 3.39. The molecule has 0 heterocycles. The number of nitrogens with one attached hydrogen (secondary N) is 1. The Morgan fingerprint density at radius 2 is 1.77 bits per heavy atom. The monoisotopic (exact) mass is 363 g/mol. The van der Waals surface area contributed by atoms with E-state index in [0.717, 1.165) is 18.2 Å². The molecule has 136 valence electrons. The summed E-state index contributed by atoms with van der Waals surface area (Å²) in [7, 11) is 2.82. The van der Waals surface area contributed by atoms with Crippen LogP contribution in [0.25, 0.3) is 5.83 Å². The van der Waals surface area contributed by atoms with Crippen LogP contribution in [0.1, 0.15) is 15.9 Å². The van der Waals surface area contributed by atoms with Crippen molar-refractivity contribution in [1.82, 2.24) is 0 Å². The van der Waals surface area contributed by atoms with E-state index < -0.39 is 29.1 Å². The van der Waals surface area contributed by atoms with Gasteiger partial charge >= 0.3 is 5.97 Å². The molecule has 26 heavy (non-hydrogen) atoms. The van der Waals surface area contributed by atoms with Gasteiger partial charge in [0.05, 0.1) is 25.5 Å². The van der Waals surface area contributed by atoms with Gasteiger partial charge in [-0.15, -0.1) is 0 Å². The van der Waals surface area contributed by atoms with Crippen LogP contribution in [0.5, 0.6) is 11.5 Å². The molecule has 0 saturated heterocycles. The highest BCUT2D eigenvalue weighted by Gasteiger charge is 2.14. The fourth-order valence-corrected chi connectivity index (χ4v) is 2.15. The number of halogens is 2. The molecule has 0 aliphatic carbocycles. The van der Waals surface area contributed by atoms with E-state index in [2.05, 4.69) is 5.32 Å². The number of methoxy groups -OCH3 is 2. The van der Waals surface area contributed by atoms with Gasteiger partial charge in [0.15, 0.2) is 11.5 Å². The molecule has 0 saturated carbocycles. The molecule has 0 fully saturated rings. The second-order valence-electron chi connectivity index (χ2n) is 5.05. The maximum atomic E-state index is 14.3. The highest BCUT2D eigenvalue weighted by molar-refractivity contribution is 6.06. The number of carboxylic acid groups (broad SMARTS) is 1. The van der Waals surface area contributed by atoms with Crippen molar-refractivity contribution in [3.8, 4) is 11.5 Å². The zero-order chi connectivity index (χ0) is 19.3. The minimum atomic E-state index is -1.43.